The van der Waals surface area contributed by atoms with Gasteiger partial charge in [-0.25, -0.2) is 0 Å². The van der Waals surface area contributed by atoms with Gasteiger partial charge in [0.2, 0.25) is 5.91 Å². The van der Waals surface area contributed by atoms with Crippen molar-refractivity contribution in [2.45, 2.75) is 32.0 Å². The van der Waals surface area contributed by atoms with Crippen molar-refractivity contribution in [2.75, 3.05) is 12.8 Å². The highest BCUT2D eigenvalue weighted by Crippen LogP contribution is 2.24. The molecule has 3 rings (SSSR count). The molecule has 1 heterocycles. The highest BCUT2D eigenvalue weighted by atomic mass is 32.2. The third-order valence-electron chi connectivity index (χ3n) is 4.72. The van der Waals surface area contributed by atoms with Crippen LogP contribution in [0.25, 0.3) is 5.69 Å². The van der Waals surface area contributed by atoms with Gasteiger partial charge < -0.3 is 4.90 Å². The summed E-state index contributed by atoms with van der Waals surface area (Å²) in [7, 11) is 1.84. The van der Waals surface area contributed by atoms with E-state index >= 15 is 0 Å². The van der Waals surface area contributed by atoms with Gasteiger partial charge in [-0.05, 0) is 43.5 Å². The lowest BCUT2D eigenvalue weighted by molar-refractivity contribution is -0.128. The summed E-state index contributed by atoms with van der Waals surface area (Å²) >= 11 is 1.41. The minimum atomic E-state index is 0.0242. The topological polar surface area (TPSA) is 51.0 Å². The maximum Gasteiger partial charge on any atom is 0.233 e. The van der Waals surface area contributed by atoms with Crippen LogP contribution < -0.4 is 0 Å². The van der Waals surface area contributed by atoms with Gasteiger partial charge in [-0.1, -0.05) is 54.2 Å². The Hall–Kier alpha value is -2.60. The molecular weight excluding hydrogens is 356 g/mol. The second-order valence-corrected chi connectivity index (χ2v) is 7.60. The minimum Gasteiger partial charge on any atom is -0.338 e. The summed E-state index contributed by atoms with van der Waals surface area (Å²) in [5, 5.41) is 8.97. The van der Waals surface area contributed by atoms with E-state index in [1.807, 2.05) is 48.9 Å². The van der Waals surface area contributed by atoms with Crippen LogP contribution in [-0.4, -0.2) is 38.4 Å². The second-order valence-electron chi connectivity index (χ2n) is 6.65. The van der Waals surface area contributed by atoms with Crippen LogP contribution in [-0.2, 0) is 4.79 Å². The number of hydrogen-bond donors (Lipinski definition) is 0. The summed E-state index contributed by atoms with van der Waals surface area (Å²) in [5.74, 6) is 0.379. The largest absolute Gasteiger partial charge is 0.338 e. The SMILES string of the molecule is Cc1ccc(C)c(-n2cnnc2SCC(=O)N(C)[C@H](C)c2ccccc2)c1. The molecule has 0 saturated carbocycles. The molecule has 0 N–H and O–H groups in total. The molecule has 0 spiro atoms. The van der Waals surface area contributed by atoms with Crippen molar-refractivity contribution in [3.63, 3.8) is 0 Å². The Morgan fingerprint density at radius 3 is 2.67 bits per heavy atom. The fraction of sp³-hybridized carbons (Fsp3) is 0.286. The molecule has 1 amide bonds. The first-order valence-electron chi connectivity index (χ1n) is 8.88. The standard InChI is InChI=1S/C21H24N4OS/c1-15-10-11-16(2)19(12-15)25-14-22-23-21(25)27-13-20(26)24(4)17(3)18-8-6-5-7-9-18/h5-12,14,17H,13H2,1-4H3/t17-/m1/s1. The predicted molar refractivity (Wildman–Crippen MR) is 109 cm³/mol. The molecule has 0 saturated heterocycles. The number of amides is 1. The first-order valence-corrected chi connectivity index (χ1v) is 9.87. The van der Waals surface area contributed by atoms with E-state index in [4.69, 9.17) is 0 Å². The Kier molecular flexibility index (Phi) is 5.96. The molecule has 1 atom stereocenters. The van der Waals surface area contributed by atoms with Gasteiger partial charge in [0.1, 0.15) is 6.33 Å². The molecule has 0 fully saturated rings. The first kappa shape index (κ1) is 19.2. The van der Waals surface area contributed by atoms with Gasteiger partial charge in [0, 0.05) is 7.05 Å². The molecule has 0 aliphatic rings. The van der Waals surface area contributed by atoms with Crippen molar-refractivity contribution in [1.29, 1.82) is 0 Å². The van der Waals surface area contributed by atoms with E-state index in [9.17, 15) is 4.79 Å². The zero-order valence-electron chi connectivity index (χ0n) is 16.1. The number of hydrogen-bond acceptors (Lipinski definition) is 4. The summed E-state index contributed by atoms with van der Waals surface area (Å²) in [6.45, 7) is 6.16. The summed E-state index contributed by atoms with van der Waals surface area (Å²) < 4.78 is 1.95. The molecule has 5 nitrogen and oxygen atoms in total. The van der Waals surface area contributed by atoms with E-state index in [2.05, 4.69) is 42.2 Å². The Balaban J connectivity index is 1.70. The number of nitrogens with zero attached hydrogens (tertiary/aromatic N) is 4. The molecule has 2 aromatic carbocycles. The lowest BCUT2D eigenvalue weighted by Gasteiger charge is -2.25. The summed E-state index contributed by atoms with van der Waals surface area (Å²) in [5.41, 5.74) is 4.48. The van der Waals surface area contributed by atoms with Crippen LogP contribution in [0, 0.1) is 13.8 Å². The molecule has 6 heteroatoms. The molecule has 0 bridgehead atoms. The van der Waals surface area contributed by atoms with Gasteiger partial charge in [0.15, 0.2) is 5.16 Å². The van der Waals surface area contributed by atoms with E-state index in [1.165, 1.54) is 17.3 Å². The summed E-state index contributed by atoms with van der Waals surface area (Å²) in [6, 6.07) is 16.3. The van der Waals surface area contributed by atoms with Crippen LogP contribution in [0.2, 0.25) is 0 Å². The predicted octanol–water partition coefficient (Wildman–Crippen LogP) is 4.20. The zero-order chi connectivity index (χ0) is 19.4. The Labute approximate surface area is 164 Å². The Morgan fingerprint density at radius 1 is 1.19 bits per heavy atom. The van der Waals surface area contributed by atoms with E-state index in [-0.39, 0.29) is 11.9 Å². The van der Waals surface area contributed by atoms with Gasteiger partial charge in [-0.15, -0.1) is 10.2 Å². The third kappa shape index (κ3) is 4.39. The smallest absolute Gasteiger partial charge is 0.233 e. The average Bonchev–Trinajstić information content (AvgIpc) is 3.15. The highest BCUT2D eigenvalue weighted by Gasteiger charge is 2.19. The quantitative estimate of drug-likeness (QED) is 0.602. The fourth-order valence-corrected chi connectivity index (χ4v) is 3.71. The van der Waals surface area contributed by atoms with Crippen molar-refractivity contribution in [3.05, 3.63) is 71.5 Å². The number of thioether (sulfide) groups is 1. The number of benzene rings is 2. The highest BCUT2D eigenvalue weighted by molar-refractivity contribution is 7.99. The van der Waals surface area contributed by atoms with Crippen LogP contribution in [0.4, 0.5) is 0 Å². The maximum atomic E-state index is 12.7. The lowest BCUT2D eigenvalue weighted by Crippen LogP contribution is -2.31. The molecule has 0 aliphatic carbocycles. The summed E-state index contributed by atoms with van der Waals surface area (Å²) in [6.07, 6.45) is 1.70. The van der Waals surface area contributed by atoms with E-state index < -0.39 is 0 Å². The molecule has 0 aliphatic heterocycles. The van der Waals surface area contributed by atoms with Gasteiger partial charge in [-0.2, -0.15) is 0 Å². The van der Waals surface area contributed by atoms with Crippen LogP contribution >= 0.6 is 11.8 Å². The summed E-state index contributed by atoms with van der Waals surface area (Å²) in [4.78, 5) is 14.4. The van der Waals surface area contributed by atoms with Crippen molar-refractivity contribution < 1.29 is 4.79 Å². The fourth-order valence-electron chi connectivity index (χ4n) is 2.87. The van der Waals surface area contributed by atoms with Crippen LogP contribution in [0.1, 0.15) is 29.7 Å². The van der Waals surface area contributed by atoms with Crippen molar-refractivity contribution in [1.82, 2.24) is 19.7 Å². The van der Waals surface area contributed by atoms with Gasteiger partial charge in [-0.3, -0.25) is 9.36 Å². The number of carbonyl (C=O) groups excluding carboxylic acids is 1. The molecule has 3 aromatic rings. The minimum absolute atomic E-state index is 0.0242. The zero-order valence-corrected chi connectivity index (χ0v) is 16.9. The molecule has 140 valence electrons. The van der Waals surface area contributed by atoms with Crippen molar-refractivity contribution in [3.8, 4) is 5.69 Å². The molecule has 1 aromatic heterocycles. The van der Waals surface area contributed by atoms with E-state index in [0.717, 1.165) is 22.0 Å². The molecule has 0 unspecified atom stereocenters. The van der Waals surface area contributed by atoms with Crippen molar-refractivity contribution in [2.24, 2.45) is 0 Å². The van der Waals surface area contributed by atoms with Gasteiger partial charge in [0.05, 0.1) is 17.5 Å². The normalized spacial score (nSPS) is 12.0. The van der Waals surface area contributed by atoms with Crippen LogP contribution in [0.5, 0.6) is 0 Å². The maximum absolute atomic E-state index is 12.7. The first-order chi connectivity index (χ1) is 13.0. The lowest BCUT2D eigenvalue weighted by atomic mass is 10.1. The monoisotopic (exact) mass is 380 g/mol. The molecular formula is C21H24N4OS. The third-order valence-corrected chi connectivity index (χ3v) is 5.65. The second kappa shape index (κ2) is 8.39. The molecule has 27 heavy (non-hydrogen) atoms. The van der Waals surface area contributed by atoms with Crippen LogP contribution in [0.3, 0.4) is 0 Å². The molecule has 0 radical (unpaired) electrons. The number of rotatable bonds is 6. The Morgan fingerprint density at radius 2 is 1.93 bits per heavy atom. The van der Waals surface area contributed by atoms with Crippen LogP contribution in [0.15, 0.2) is 60.0 Å². The van der Waals surface area contributed by atoms with E-state index in [1.54, 1.807) is 11.2 Å². The number of carbonyl (C=O) groups is 1. The van der Waals surface area contributed by atoms with Crippen molar-refractivity contribution >= 4 is 17.7 Å². The van der Waals surface area contributed by atoms with Gasteiger partial charge >= 0.3 is 0 Å². The van der Waals surface area contributed by atoms with Gasteiger partial charge in [0.25, 0.3) is 0 Å². The Bertz CT molecular complexity index is 923. The average molecular weight is 381 g/mol. The number of aromatic nitrogens is 3. The number of aryl methyl sites for hydroxylation is 2. The van der Waals surface area contributed by atoms with E-state index in [0.29, 0.717) is 5.75 Å².